The maximum absolute atomic E-state index is 13.2. The van der Waals surface area contributed by atoms with E-state index in [0.29, 0.717) is 5.56 Å². The van der Waals surface area contributed by atoms with Gasteiger partial charge in [0.05, 0.1) is 12.1 Å². The maximum atomic E-state index is 13.2. The molecule has 0 aliphatic heterocycles. The van der Waals surface area contributed by atoms with Crippen molar-refractivity contribution in [1.29, 1.82) is 0 Å². The molecule has 0 bridgehead atoms. The number of nitrogens with one attached hydrogen (secondary N) is 3. The highest BCUT2D eigenvalue weighted by Crippen LogP contribution is 2.07. The van der Waals surface area contributed by atoms with Gasteiger partial charge in [0.15, 0.2) is 6.04 Å². The summed E-state index contributed by atoms with van der Waals surface area (Å²) in [5.74, 6) is -6.09. The van der Waals surface area contributed by atoms with E-state index in [4.69, 9.17) is 16.6 Å². The Morgan fingerprint density at radius 1 is 0.838 bits per heavy atom. The molecule has 37 heavy (non-hydrogen) atoms. The minimum Gasteiger partial charge on any atom is -0.481 e. The number of hydrogen-bond donors (Lipinski definition) is 8. The first kappa shape index (κ1) is 31.0. The predicted molar refractivity (Wildman–Crippen MR) is 129 cm³/mol. The van der Waals surface area contributed by atoms with Gasteiger partial charge < -0.3 is 42.7 Å². The van der Waals surface area contributed by atoms with Crippen molar-refractivity contribution in [2.24, 2.45) is 11.5 Å². The molecule has 0 saturated heterocycles. The number of benzene rings is 1. The van der Waals surface area contributed by atoms with Crippen molar-refractivity contribution in [3.05, 3.63) is 35.9 Å². The van der Waals surface area contributed by atoms with Crippen molar-refractivity contribution < 1.29 is 44.1 Å². The highest BCUT2D eigenvalue weighted by molar-refractivity contribution is 5.94. The van der Waals surface area contributed by atoms with E-state index in [1.807, 2.05) is 0 Å². The Balaban J connectivity index is 3.12. The second kappa shape index (κ2) is 15.2. The summed E-state index contributed by atoms with van der Waals surface area (Å²) in [7, 11) is 0. The van der Waals surface area contributed by atoms with Crippen molar-refractivity contribution in [1.82, 2.24) is 16.0 Å². The molecule has 4 amide bonds. The normalized spacial score (nSPS) is 14.8. The Kier molecular flexibility index (Phi) is 12.7. The van der Waals surface area contributed by atoms with E-state index >= 15 is 0 Å². The van der Waals surface area contributed by atoms with Gasteiger partial charge in [-0.15, -0.1) is 0 Å². The van der Waals surface area contributed by atoms with Crippen LogP contribution in [-0.2, 0) is 35.2 Å². The second-order valence-electron chi connectivity index (χ2n) is 8.42. The number of carboxylic acid groups (broad SMARTS) is 2. The van der Waals surface area contributed by atoms with E-state index in [1.165, 1.54) is 0 Å². The van der Waals surface area contributed by atoms with E-state index in [-0.39, 0.29) is 32.1 Å². The lowest BCUT2D eigenvalue weighted by Gasteiger charge is -2.25. The number of amides is 4. The van der Waals surface area contributed by atoms with Gasteiger partial charge in [-0.2, -0.15) is 0 Å². The molecular weight excluding hydrogens is 490 g/mol. The lowest BCUT2D eigenvalue weighted by Crippen LogP contribution is -2.58. The third kappa shape index (κ3) is 11.5. The molecule has 1 rings (SSSR count). The zero-order chi connectivity index (χ0) is 28.1. The standard InChI is InChI=1S/C23H33N5O9/c1-12(29)19(23(36)37)28-21(34)15(8-9-17(25)30)26-22(35)16(11-13-5-3-2-4-6-13)27-20(33)14(24)7-10-18(31)32/h2-6,12,14-16,19,29H,7-11,24H2,1H3,(H2,25,30)(H,26,35)(H,27,33)(H,28,34)(H,31,32)(H,36,37). The smallest absolute Gasteiger partial charge is 0.328 e. The topological polar surface area (TPSA) is 251 Å². The van der Waals surface area contributed by atoms with Crippen LogP contribution in [0.3, 0.4) is 0 Å². The third-order valence-electron chi connectivity index (χ3n) is 5.28. The van der Waals surface area contributed by atoms with E-state index in [0.717, 1.165) is 6.92 Å². The van der Waals surface area contributed by atoms with Crippen molar-refractivity contribution >= 4 is 35.6 Å². The molecule has 14 nitrogen and oxygen atoms in total. The number of nitrogens with two attached hydrogens (primary N) is 2. The molecule has 0 aromatic heterocycles. The van der Waals surface area contributed by atoms with Crippen molar-refractivity contribution in [2.75, 3.05) is 0 Å². The molecule has 1 aromatic rings. The van der Waals surface area contributed by atoms with Gasteiger partial charge in [0.1, 0.15) is 12.1 Å². The summed E-state index contributed by atoms with van der Waals surface area (Å²) in [6, 6.07) is 2.92. The summed E-state index contributed by atoms with van der Waals surface area (Å²) in [5.41, 5.74) is 11.5. The molecule has 0 spiro atoms. The first-order chi connectivity index (χ1) is 17.3. The number of aliphatic hydroxyl groups is 1. The first-order valence-corrected chi connectivity index (χ1v) is 11.4. The van der Waals surface area contributed by atoms with Crippen LogP contribution >= 0.6 is 0 Å². The third-order valence-corrected chi connectivity index (χ3v) is 5.28. The summed E-state index contributed by atoms with van der Waals surface area (Å²) in [6.07, 6.45) is -2.66. The fraction of sp³-hybridized carbons (Fsp3) is 0.478. The Bertz CT molecular complexity index is 971. The van der Waals surface area contributed by atoms with Crippen molar-refractivity contribution in [2.45, 2.75) is 69.3 Å². The Hall–Kier alpha value is -4.04. The minimum absolute atomic E-state index is 0.0281. The minimum atomic E-state index is -1.69. The zero-order valence-electron chi connectivity index (χ0n) is 20.3. The van der Waals surface area contributed by atoms with Crippen molar-refractivity contribution in [3.8, 4) is 0 Å². The summed E-state index contributed by atoms with van der Waals surface area (Å²) in [6.45, 7) is 1.15. The molecular formula is C23H33N5O9. The molecule has 5 unspecified atom stereocenters. The molecule has 1 aromatic carbocycles. The number of rotatable bonds is 16. The number of aliphatic carboxylic acids is 2. The highest BCUT2D eigenvalue weighted by Gasteiger charge is 2.32. The van der Waals surface area contributed by atoms with Gasteiger partial charge in [-0.25, -0.2) is 4.79 Å². The number of carbonyl (C=O) groups is 6. The largest absolute Gasteiger partial charge is 0.481 e. The van der Waals surface area contributed by atoms with Crippen LogP contribution in [-0.4, -0.2) is 81.2 Å². The van der Waals surface area contributed by atoms with Crippen molar-refractivity contribution in [3.63, 3.8) is 0 Å². The molecule has 0 heterocycles. The molecule has 0 fully saturated rings. The average molecular weight is 524 g/mol. The summed E-state index contributed by atoms with van der Waals surface area (Å²) >= 11 is 0. The van der Waals surface area contributed by atoms with Gasteiger partial charge in [-0.1, -0.05) is 30.3 Å². The second-order valence-corrected chi connectivity index (χ2v) is 8.42. The summed E-state index contributed by atoms with van der Waals surface area (Å²) < 4.78 is 0. The summed E-state index contributed by atoms with van der Waals surface area (Å²) in [5, 5.41) is 34.6. The van der Waals surface area contributed by atoms with Crippen LogP contribution in [0.5, 0.6) is 0 Å². The average Bonchev–Trinajstić information content (AvgIpc) is 2.82. The molecule has 5 atom stereocenters. The SMILES string of the molecule is CC(O)C(NC(=O)C(CCC(N)=O)NC(=O)C(Cc1ccccc1)NC(=O)C(N)CCC(=O)O)C(=O)O. The molecule has 0 aliphatic carbocycles. The van der Waals surface area contributed by atoms with Crippen LogP contribution in [0.15, 0.2) is 30.3 Å². The summed E-state index contributed by atoms with van der Waals surface area (Å²) in [4.78, 5) is 71.9. The van der Waals surface area contributed by atoms with Crippen LogP contribution in [0.25, 0.3) is 0 Å². The van der Waals surface area contributed by atoms with E-state index in [9.17, 15) is 39.0 Å². The lowest BCUT2D eigenvalue weighted by atomic mass is 10.0. The van der Waals surface area contributed by atoms with Crippen LogP contribution in [0, 0.1) is 0 Å². The van der Waals surface area contributed by atoms with Gasteiger partial charge in [0, 0.05) is 19.3 Å². The molecule has 204 valence electrons. The molecule has 0 saturated carbocycles. The van der Waals surface area contributed by atoms with Crippen LogP contribution in [0.2, 0.25) is 0 Å². The Morgan fingerprint density at radius 3 is 1.92 bits per heavy atom. The molecule has 10 N–H and O–H groups in total. The molecule has 0 radical (unpaired) electrons. The molecule has 14 heteroatoms. The first-order valence-electron chi connectivity index (χ1n) is 11.4. The predicted octanol–water partition coefficient (Wildman–Crippen LogP) is -2.39. The fourth-order valence-corrected chi connectivity index (χ4v) is 3.22. The monoisotopic (exact) mass is 523 g/mol. The fourth-order valence-electron chi connectivity index (χ4n) is 3.22. The van der Waals surface area contributed by atoms with Gasteiger partial charge in [-0.05, 0) is 25.3 Å². The Morgan fingerprint density at radius 2 is 1.41 bits per heavy atom. The van der Waals surface area contributed by atoms with Gasteiger partial charge in [0.2, 0.25) is 23.6 Å². The maximum Gasteiger partial charge on any atom is 0.328 e. The van der Waals surface area contributed by atoms with E-state index < -0.39 is 65.8 Å². The van der Waals surface area contributed by atoms with Crippen LogP contribution in [0.1, 0.15) is 38.2 Å². The lowest BCUT2D eigenvalue weighted by molar-refractivity contribution is -0.145. The van der Waals surface area contributed by atoms with E-state index in [2.05, 4.69) is 16.0 Å². The number of carbonyl (C=O) groups excluding carboxylic acids is 4. The molecule has 0 aliphatic rings. The quantitative estimate of drug-likeness (QED) is 0.114. The Labute approximate surface area is 212 Å². The van der Waals surface area contributed by atoms with Gasteiger partial charge in [0.25, 0.3) is 0 Å². The van der Waals surface area contributed by atoms with Crippen LogP contribution in [0.4, 0.5) is 0 Å². The zero-order valence-corrected chi connectivity index (χ0v) is 20.3. The number of hydrogen-bond acceptors (Lipinski definition) is 8. The van der Waals surface area contributed by atoms with Crippen LogP contribution < -0.4 is 27.4 Å². The van der Waals surface area contributed by atoms with Gasteiger partial charge in [-0.3, -0.25) is 24.0 Å². The van der Waals surface area contributed by atoms with E-state index in [1.54, 1.807) is 30.3 Å². The highest BCUT2D eigenvalue weighted by atomic mass is 16.4. The number of primary amides is 1. The number of aliphatic hydroxyl groups excluding tert-OH is 1. The number of carboxylic acids is 2. The van der Waals surface area contributed by atoms with Gasteiger partial charge >= 0.3 is 11.9 Å².